The number of anilines is 2. The number of carbonyl (C=O) groups is 2. The van der Waals surface area contributed by atoms with Gasteiger partial charge in [-0.2, -0.15) is 5.26 Å². The summed E-state index contributed by atoms with van der Waals surface area (Å²) >= 11 is 0. The van der Waals surface area contributed by atoms with E-state index in [9.17, 15) is 9.59 Å². The highest BCUT2D eigenvalue weighted by Gasteiger charge is 2.07. The van der Waals surface area contributed by atoms with Crippen LogP contribution in [0.15, 0.2) is 18.2 Å². The summed E-state index contributed by atoms with van der Waals surface area (Å²) in [5.74, 6) is -0.179. The normalized spacial score (nSPS) is 9.17. The van der Waals surface area contributed by atoms with Crippen molar-refractivity contribution in [1.82, 2.24) is 0 Å². The maximum absolute atomic E-state index is 11.2. The number of ether oxygens (including phenoxy) is 1. The van der Waals surface area contributed by atoms with Gasteiger partial charge in [0.15, 0.2) is 0 Å². The van der Waals surface area contributed by atoms with E-state index in [0.717, 1.165) is 0 Å². The van der Waals surface area contributed by atoms with E-state index in [1.165, 1.54) is 14.0 Å². The Bertz CT molecular complexity index is 506. The molecular weight excluding hydrogens is 234 g/mol. The summed E-state index contributed by atoms with van der Waals surface area (Å²) in [7, 11) is 1.46. The van der Waals surface area contributed by atoms with Crippen LogP contribution >= 0.6 is 0 Å². The second-order valence-electron chi connectivity index (χ2n) is 3.48. The van der Waals surface area contributed by atoms with Gasteiger partial charge in [-0.1, -0.05) is 0 Å². The van der Waals surface area contributed by atoms with Gasteiger partial charge in [0, 0.05) is 18.7 Å². The molecule has 0 aromatic heterocycles. The van der Waals surface area contributed by atoms with Crippen LogP contribution in [0.1, 0.15) is 13.3 Å². The predicted molar refractivity (Wildman–Crippen MR) is 66.2 cm³/mol. The third-order valence-corrected chi connectivity index (χ3v) is 2.04. The molecule has 2 amide bonds. The first-order chi connectivity index (χ1) is 8.56. The number of hydrogen-bond acceptors (Lipinski definition) is 4. The molecule has 94 valence electrons. The molecule has 18 heavy (non-hydrogen) atoms. The quantitative estimate of drug-likeness (QED) is 0.843. The highest BCUT2D eigenvalue weighted by atomic mass is 16.5. The van der Waals surface area contributed by atoms with Crippen molar-refractivity contribution in [1.29, 1.82) is 5.26 Å². The second kappa shape index (κ2) is 6.25. The smallest absolute Gasteiger partial charge is 0.238 e. The minimum Gasteiger partial charge on any atom is -0.494 e. The summed E-state index contributed by atoms with van der Waals surface area (Å²) in [5, 5.41) is 13.5. The first kappa shape index (κ1) is 13.5. The van der Waals surface area contributed by atoms with E-state index in [2.05, 4.69) is 10.6 Å². The van der Waals surface area contributed by atoms with Gasteiger partial charge in [0.25, 0.3) is 0 Å². The first-order valence-corrected chi connectivity index (χ1v) is 5.19. The van der Waals surface area contributed by atoms with E-state index in [-0.39, 0.29) is 12.3 Å². The Balaban J connectivity index is 2.88. The molecule has 0 bridgehead atoms. The lowest BCUT2D eigenvalue weighted by Gasteiger charge is -2.11. The van der Waals surface area contributed by atoms with Crippen LogP contribution in [0.4, 0.5) is 11.4 Å². The van der Waals surface area contributed by atoms with E-state index >= 15 is 0 Å². The number of nitrogens with zero attached hydrogens (tertiary/aromatic N) is 1. The van der Waals surface area contributed by atoms with Gasteiger partial charge in [-0.3, -0.25) is 9.59 Å². The Labute approximate surface area is 105 Å². The summed E-state index contributed by atoms with van der Waals surface area (Å²) in [4.78, 5) is 22.2. The first-order valence-electron chi connectivity index (χ1n) is 5.19. The third kappa shape index (κ3) is 3.79. The zero-order chi connectivity index (χ0) is 13.5. The topological polar surface area (TPSA) is 91.2 Å². The fourth-order valence-corrected chi connectivity index (χ4v) is 1.34. The second-order valence-corrected chi connectivity index (χ2v) is 3.48. The fraction of sp³-hybridized carbons (Fsp3) is 0.250. The van der Waals surface area contributed by atoms with Crippen LogP contribution < -0.4 is 15.4 Å². The maximum atomic E-state index is 11.2. The van der Waals surface area contributed by atoms with Crippen molar-refractivity contribution in [2.24, 2.45) is 0 Å². The number of benzene rings is 1. The summed E-state index contributed by atoms with van der Waals surface area (Å²) in [6.07, 6.45) is -0.213. The predicted octanol–water partition coefficient (Wildman–Crippen LogP) is 1.51. The molecule has 0 radical (unpaired) electrons. The maximum Gasteiger partial charge on any atom is 0.238 e. The number of carbonyl (C=O) groups excluding carboxylic acids is 2. The molecule has 6 heteroatoms. The van der Waals surface area contributed by atoms with Crippen molar-refractivity contribution in [2.45, 2.75) is 13.3 Å². The Kier molecular flexibility index (Phi) is 4.69. The van der Waals surface area contributed by atoms with Crippen LogP contribution in [0.2, 0.25) is 0 Å². The Morgan fingerprint density at radius 2 is 2.11 bits per heavy atom. The summed E-state index contributed by atoms with van der Waals surface area (Å²) in [5.41, 5.74) is 1.02. The molecule has 0 aliphatic heterocycles. The molecule has 0 fully saturated rings. The molecule has 0 saturated heterocycles. The van der Waals surface area contributed by atoms with Gasteiger partial charge in [0.2, 0.25) is 11.8 Å². The molecule has 6 nitrogen and oxygen atoms in total. The van der Waals surface area contributed by atoms with Crippen LogP contribution in [0.3, 0.4) is 0 Å². The molecule has 1 aromatic rings. The van der Waals surface area contributed by atoms with E-state index in [4.69, 9.17) is 10.00 Å². The molecule has 2 N–H and O–H groups in total. The number of hydrogen-bond donors (Lipinski definition) is 2. The summed E-state index contributed by atoms with van der Waals surface area (Å²) in [6.45, 7) is 1.39. The number of rotatable bonds is 4. The number of nitriles is 1. The van der Waals surface area contributed by atoms with Gasteiger partial charge in [0.05, 0.1) is 18.9 Å². The van der Waals surface area contributed by atoms with Crippen LogP contribution in [0, 0.1) is 11.3 Å². The highest BCUT2D eigenvalue weighted by Crippen LogP contribution is 2.27. The van der Waals surface area contributed by atoms with E-state index in [1.807, 2.05) is 0 Å². The SMILES string of the molecule is COc1cc(NC(=O)CC#N)ccc1NC(C)=O. The van der Waals surface area contributed by atoms with Gasteiger partial charge in [-0.15, -0.1) is 0 Å². The molecule has 1 rings (SSSR count). The van der Waals surface area contributed by atoms with Crippen molar-refractivity contribution < 1.29 is 14.3 Å². The Morgan fingerprint density at radius 3 is 2.67 bits per heavy atom. The van der Waals surface area contributed by atoms with Crippen LogP contribution in [0.25, 0.3) is 0 Å². The minimum atomic E-state index is -0.396. The Hall–Kier alpha value is -2.55. The highest BCUT2D eigenvalue weighted by molar-refractivity contribution is 5.94. The summed E-state index contributed by atoms with van der Waals surface area (Å²) < 4.78 is 5.10. The van der Waals surface area contributed by atoms with Crippen LogP contribution in [-0.4, -0.2) is 18.9 Å². The Morgan fingerprint density at radius 1 is 1.39 bits per heavy atom. The molecule has 0 saturated carbocycles. The molecule has 0 aliphatic rings. The van der Waals surface area contributed by atoms with Gasteiger partial charge >= 0.3 is 0 Å². The van der Waals surface area contributed by atoms with E-state index < -0.39 is 5.91 Å². The van der Waals surface area contributed by atoms with Crippen molar-refractivity contribution in [3.63, 3.8) is 0 Å². The number of nitrogens with one attached hydrogen (secondary N) is 2. The standard InChI is InChI=1S/C12H13N3O3/c1-8(16)14-10-4-3-9(7-11(10)18-2)15-12(17)5-6-13/h3-4,7H,5H2,1-2H3,(H,14,16)(H,15,17). The average Bonchev–Trinajstić information content (AvgIpc) is 2.30. The van der Waals surface area contributed by atoms with E-state index in [0.29, 0.717) is 17.1 Å². The molecule has 0 spiro atoms. The van der Waals surface area contributed by atoms with Gasteiger partial charge in [-0.05, 0) is 12.1 Å². The monoisotopic (exact) mass is 247 g/mol. The van der Waals surface area contributed by atoms with Gasteiger partial charge in [0.1, 0.15) is 12.2 Å². The zero-order valence-corrected chi connectivity index (χ0v) is 10.1. The fourth-order valence-electron chi connectivity index (χ4n) is 1.34. The average molecular weight is 247 g/mol. The lowest BCUT2D eigenvalue weighted by Crippen LogP contribution is -2.11. The lowest BCUT2D eigenvalue weighted by atomic mass is 10.2. The van der Waals surface area contributed by atoms with Crippen molar-refractivity contribution in [2.75, 3.05) is 17.7 Å². The molecule has 0 unspecified atom stereocenters. The molecule has 0 atom stereocenters. The molecule has 0 heterocycles. The van der Waals surface area contributed by atoms with Gasteiger partial charge in [-0.25, -0.2) is 0 Å². The molecule has 1 aromatic carbocycles. The van der Waals surface area contributed by atoms with Crippen molar-refractivity contribution >= 4 is 23.2 Å². The summed E-state index contributed by atoms with van der Waals surface area (Å²) in [6, 6.07) is 6.55. The third-order valence-electron chi connectivity index (χ3n) is 2.04. The number of amides is 2. The van der Waals surface area contributed by atoms with Crippen LogP contribution in [-0.2, 0) is 9.59 Å². The van der Waals surface area contributed by atoms with E-state index in [1.54, 1.807) is 24.3 Å². The van der Waals surface area contributed by atoms with Crippen molar-refractivity contribution in [3.05, 3.63) is 18.2 Å². The van der Waals surface area contributed by atoms with Gasteiger partial charge < -0.3 is 15.4 Å². The largest absolute Gasteiger partial charge is 0.494 e. The lowest BCUT2D eigenvalue weighted by molar-refractivity contribution is -0.115. The molecule has 0 aliphatic carbocycles. The van der Waals surface area contributed by atoms with Crippen molar-refractivity contribution in [3.8, 4) is 11.8 Å². The zero-order valence-electron chi connectivity index (χ0n) is 10.1. The van der Waals surface area contributed by atoms with Crippen LogP contribution in [0.5, 0.6) is 5.75 Å². The molecular formula is C12H13N3O3. The minimum absolute atomic E-state index is 0.213. The number of methoxy groups -OCH3 is 1.